The van der Waals surface area contributed by atoms with Crippen molar-refractivity contribution in [1.29, 1.82) is 0 Å². The molecule has 8 nitrogen and oxygen atoms in total. The van der Waals surface area contributed by atoms with Crippen LogP contribution >= 0.6 is 0 Å². The van der Waals surface area contributed by atoms with Crippen LogP contribution in [0.2, 0.25) is 0 Å². The molecular weight excluding hydrogens is 440 g/mol. The third-order valence-corrected chi connectivity index (χ3v) is 6.20. The first-order valence-electron chi connectivity index (χ1n) is 11.5. The van der Waals surface area contributed by atoms with Crippen molar-refractivity contribution in [3.8, 4) is 0 Å². The molecule has 5 rings (SSSR count). The minimum Gasteiger partial charge on any atom is -0.369 e. The zero-order chi connectivity index (χ0) is 24.2. The number of nitrogens with one attached hydrogen (secondary N) is 2. The molecule has 0 bridgehead atoms. The van der Waals surface area contributed by atoms with Crippen LogP contribution in [-0.4, -0.2) is 59.9 Å². The number of imide groups is 1. The number of piperazine rings is 1. The summed E-state index contributed by atoms with van der Waals surface area (Å²) in [5, 5.41) is 5.64. The molecular formula is C27H26N6O2. The van der Waals surface area contributed by atoms with E-state index in [2.05, 4.69) is 49.6 Å². The lowest BCUT2D eigenvalue weighted by molar-refractivity contribution is -0.114. The van der Waals surface area contributed by atoms with Crippen molar-refractivity contribution in [2.24, 2.45) is 0 Å². The third-order valence-electron chi connectivity index (χ3n) is 6.20. The lowest BCUT2D eigenvalue weighted by Gasteiger charge is -2.34. The monoisotopic (exact) mass is 466 g/mol. The van der Waals surface area contributed by atoms with Gasteiger partial charge in [0.05, 0.1) is 17.5 Å². The zero-order valence-corrected chi connectivity index (χ0v) is 19.4. The van der Waals surface area contributed by atoms with Gasteiger partial charge in [-0.05, 0) is 55.1 Å². The molecule has 0 saturated carbocycles. The molecule has 2 N–H and O–H groups in total. The molecule has 2 aromatic carbocycles. The van der Waals surface area contributed by atoms with Crippen LogP contribution in [0.4, 0.5) is 11.4 Å². The first-order chi connectivity index (χ1) is 17.1. The number of carbonyl (C=O) groups excluding carboxylic acids is 2. The van der Waals surface area contributed by atoms with Gasteiger partial charge in [-0.1, -0.05) is 12.1 Å². The number of hydrogen-bond donors (Lipinski definition) is 2. The van der Waals surface area contributed by atoms with Crippen molar-refractivity contribution in [3.05, 3.63) is 89.6 Å². The number of aromatic nitrogens is 2. The molecule has 1 saturated heterocycles. The van der Waals surface area contributed by atoms with E-state index in [1.54, 1.807) is 30.9 Å². The molecule has 1 fully saturated rings. The number of anilines is 2. The van der Waals surface area contributed by atoms with Gasteiger partial charge in [0, 0.05) is 67.3 Å². The fourth-order valence-corrected chi connectivity index (χ4v) is 4.16. The number of fused-ring (bicyclic) bond motifs is 1. The second kappa shape index (κ2) is 9.90. The molecule has 0 radical (unpaired) electrons. The van der Waals surface area contributed by atoms with Gasteiger partial charge in [-0.15, -0.1) is 0 Å². The Morgan fingerprint density at radius 3 is 2.46 bits per heavy atom. The van der Waals surface area contributed by atoms with E-state index in [1.165, 1.54) is 5.69 Å². The highest BCUT2D eigenvalue weighted by atomic mass is 16.2. The average molecular weight is 467 g/mol. The van der Waals surface area contributed by atoms with Crippen LogP contribution in [0.15, 0.2) is 67.3 Å². The summed E-state index contributed by atoms with van der Waals surface area (Å²) in [7, 11) is 2.14. The van der Waals surface area contributed by atoms with E-state index in [1.807, 2.05) is 36.4 Å². The number of nitrogens with zero attached hydrogens (tertiary/aromatic N) is 4. The van der Waals surface area contributed by atoms with Crippen LogP contribution in [0.25, 0.3) is 17.7 Å². The van der Waals surface area contributed by atoms with E-state index in [4.69, 9.17) is 0 Å². The molecule has 0 unspecified atom stereocenters. The van der Waals surface area contributed by atoms with Gasteiger partial charge in [0.25, 0.3) is 11.8 Å². The summed E-state index contributed by atoms with van der Waals surface area (Å²) in [6.45, 7) is 4.11. The van der Waals surface area contributed by atoms with Crippen molar-refractivity contribution < 1.29 is 9.59 Å². The Morgan fingerprint density at radius 1 is 0.914 bits per heavy atom. The molecule has 0 atom stereocenters. The molecule has 1 aromatic heterocycles. The molecule has 8 heteroatoms. The summed E-state index contributed by atoms with van der Waals surface area (Å²) in [5.41, 5.74) is 5.05. The highest BCUT2D eigenvalue weighted by Gasteiger charge is 2.27. The Kier molecular flexibility index (Phi) is 6.36. The molecule has 35 heavy (non-hydrogen) atoms. The molecule has 2 amide bonds. The Balaban J connectivity index is 1.36. The minimum absolute atomic E-state index is 0.400. The molecule has 0 spiro atoms. The van der Waals surface area contributed by atoms with E-state index < -0.39 is 11.8 Å². The van der Waals surface area contributed by atoms with Gasteiger partial charge in [0.15, 0.2) is 0 Å². The van der Waals surface area contributed by atoms with Crippen LogP contribution in [0.5, 0.6) is 0 Å². The number of hydrogen-bond acceptors (Lipinski definition) is 7. The summed E-state index contributed by atoms with van der Waals surface area (Å²) < 4.78 is 0. The number of benzene rings is 2. The second-order valence-corrected chi connectivity index (χ2v) is 8.59. The second-order valence-electron chi connectivity index (χ2n) is 8.59. The maximum atomic E-state index is 12.7. The van der Waals surface area contributed by atoms with Gasteiger partial charge in [-0.3, -0.25) is 24.9 Å². The smallest absolute Gasteiger partial charge is 0.260 e. The lowest BCUT2D eigenvalue weighted by Crippen LogP contribution is -2.44. The lowest BCUT2D eigenvalue weighted by atomic mass is 9.93. The van der Waals surface area contributed by atoms with E-state index in [9.17, 15) is 9.59 Å². The van der Waals surface area contributed by atoms with Gasteiger partial charge in [-0.2, -0.15) is 0 Å². The Hall–Kier alpha value is -4.30. The molecule has 3 heterocycles. The van der Waals surface area contributed by atoms with Gasteiger partial charge in [0.1, 0.15) is 0 Å². The maximum absolute atomic E-state index is 12.7. The Labute approximate surface area is 204 Å². The summed E-state index contributed by atoms with van der Waals surface area (Å²) in [4.78, 5) is 38.0. The zero-order valence-electron chi connectivity index (χ0n) is 19.4. The molecule has 2 aliphatic heterocycles. The van der Waals surface area contributed by atoms with Gasteiger partial charge >= 0.3 is 0 Å². The predicted octanol–water partition coefficient (Wildman–Crippen LogP) is 3.12. The summed E-state index contributed by atoms with van der Waals surface area (Å²) >= 11 is 0. The first kappa shape index (κ1) is 22.5. The SMILES string of the molecule is CN1CCN(c2ccc(N/C=C3\C(=O)NC(=O)c4ccc(/C=C/c5cnccn5)cc43)cc2)CC1. The van der Waals surface area contributed by atoms with E-state index >= 15 is 0 Å². The molecule has 176 valence electrons. The van der Waals surface area contributed by atoms with Crippen LogP contribution in [0, 0.1) is 0 Å². The number of amides is 2. The van der Waals surface area contributed by atoms with Crippen molar-refractivity contribution in [3.63, 3.8) is 0 Å². The van der Waals surface area contributed by atoms with E-state index in [0.717, 1.165) is 43.1 Å². The summed E-state index contributed by atoms with van der Waals surface area (Å²) in [5.74, 6) is -0.831. The quantitative estimate of drug-likeness (QED) is 0.441. The first-order valence-corrected chi connectivity index (χ1v) is 11.5. The number of rotatable bonds is 5. The maximum Gasteiger partial charge on any atom is 0.260 e. The topological polar surface area (TPSA) is 90.5 Å². The Morgan fingerprint density at radius 2 is 1.71 bits per heavy atom. The van der Waals surface area contributed by atoms with Crippen molar-refractivity contribution in [1.82, 2.24) is 20.2 Å². The number of carbonyl (C=O) groups is 2. The molecule has 2 aliphatic rings. The van der Waals surface area contributed by atoms with Crippen LogP contribution < -0.4 is 15.5 Å². The standard InChI is InChI=1S/C27H26N6O2/c1-32-12-14-33(15-13-32)22-7-5-20(6-8-22)30-18-25-24-16-19(2-4-21-17-28-10-11-29-21)3-9-23(24)26(34)31-27(25)35/h2-11,16-18,30H,12-15H2,1H3,(H,31,34,35)/b4-2+,25-18-. The summed E-state index contributed by atoms with van der Waals surface area (Å²) in [6.07, 6.45) is 10.3. The highest BCUT2D eigenvalue weighted by molar-refractivity contribution is 6.31. The van der Waals surface area contributed by atoms with Crippen LogP contribution in [0.1, 0.15) is 27.2 Å². The van der Waals surface area contributed by atoms with Gasteiger partial charge in [-0.25, -0.2) is 0 Å². The summed E-state index contributed by atoms with van der Waals surface area (Å²) in [6, 6.07) is 13.6. The molecule has 0 aliphatic carbocycles. The van der Waals surface area contributed by atoms with Crippen molar-refractivity contribution in [2.45, 2.75) is 0 Å². The van der Waals surface area contributed by atoms with Crippen LogP contribution in [-0.2, 0) is 4.79 Å². The van der Waals surface area contributed by atoms with E-state index in [-0.39, 0.29) is 0 Å². The molecule has 3 aromatic rings. The van der Waals surface area contributed by atoms with Crippen molar-refractivity contribution >= 4 is 40.9 Å². The Bertz CT molecular complexity index is 1290. The fraction of sp³-hybridized carbons (Fsp3) is 0.185. The largest absolute Gasteiger partial charge is 0.369 e. The van der Waals surface area contributed by atoms with Gasteiger partial charge < -0.3 is 15.1 Å². The highest BCUT2D eigenvalue weighted by Crippen LogP contribution is 2.27. The third kappa shape index (κ3) is 5.12. The average Bonchev–Trinajstić information content (AvgIpc) is 2.89. The fourth-order valence-electron chi connectivity index (χ4n) is 4.16. The van der Waals surface area contributed by atoms with Gasteiger partial charge in [0.2, 0.25) is 0 Å². The van der Waals surface area contributed by atoms with E-state index in [0.29, 0.717) is 16.7 Å². The van der Waals surface area contributed by atoms with Crippen LogP contribution in [0.3, 0.4) is 0 Å². The minimum atomic E-state index is -0.431. The normalized spacial score (nSPS) is 17.5. The van der Waals surface area contributed by atoms with Crippen molar-refractivity contribution in [2.75, 3.05) is 43.4 Å². The number of likely N-dealkylation sites (N-methyl/N-ethyl adjacent to an activating group) is 1. The predicted molar refractivity (Wildman–Crippen MR) is 138 cm³/mol.